The van der Waals surface area contributed by atoms with Gasteiger partial charge in [-0.25, -0.2) is 4.98 Å². The Morgan fingerprint density at radius 1 is 1.32 bits per heavy atom. The van der Waals surface area contributed by atoms with Gasteiger partial charge in [0.2, 0.25) is 0 Å². The number of thioether (sulfide) groups is 1. The lowest BCUT2D eigenvalue weighted by molar-refractivity contribution is -0.138. The first-order valence-electron chi connectivity index (χ1n) is 6.99. The predicted molar refractivity (Wildman–Crippen MR) is 85.8 cm³/mol. The fraction of sp³-hybridized carbons (Fsp3) is 0.375. The van der Waals surface area contributed by atoms with Crippen molar-refractivity contribution in [1.82, 2.24) is 10.3 Å². The van der Waals surface area contributed by atoms with E-state index in [1.165, 1.54) is 18.2 Å². The van der Waals surface area contributed by atoms with Crippen LogP contribution in [0.15, 0.2) is 40.0 Å². The molecule has 0 aliphatic heterocycles. The van der Waals surface area contributed by atoms with Crippen LogP contribution in [0.3, 0.4) is 0 Å². The molecule has 2 aromatic rings. The van der Waals surface area contributed by atoms with Gasteiger partial charge in [0.15, 0.2) is 6.39 Å². The fourth-order valence-electron chi connectivity index (χ4n) is 1.83. The van der Waals surface area contributed by atoms with E-state index in [1.54, 1.807) is 13.8 Å². The van der Waals surface area contributed by atoms with E-state index >= 15 is 0 Å². The number of carboxylic acids is 1. The smallest absolute Gasteiger partial charge is 0.319 e. The van der Waals surface area contributed by atoms with Gasteiger partial charge in [-0.15, -0.1) is 11.8 Å². The van der Waals surface area contributed by atoms with Gasteiger partial charge in [-0.3, -0.25) is 4.79 Å². The monoisotopic (exact) mass is 320 g/mol. The summed E-state index contributed by atoms with van der Waals surface area (Å²) in [5.74, 6) is 0.0288. The molecular weight excluding hydrogens is 300 g/mol. The summed E-state index contributed by atoms with van der Waals surface area (Å²) in [6.45, 7) is 6.67. The number of carboxylic acid groups (broad SMARTS) is 1. The average Bonchev–Trinajstić information content (AvgIpc) is 2.86. The first-order valence-corrected chi connectivity index (χ1v) is 7.81. The molecule has 1 aromatic carbocycles. The molecule has 0 aliphatic carbocycles. The molecule has 0 saturated carbocycles. The molecule has 1 heterocycles. The van der Waals surface area contributed by atoms with Gasteiger partial charge in [0, 0.05) is 11.4 Å². The second kappa shape index (κ2) is 6.98. The summed E-state index contributed by atoms with van der Waals surface area (Å²) >= 11 is 1.34. The van der Waals surface area contributed by atoms with E-state index in [2.05, 4.69) is 10.3 Å². The molecule has 118 valence electrons. The van der Waals surface area contributed by atoms with Crippen LogP contribution in [-0.4, -0.2) is 20.8 Å². The predicted octanol–water partition coefficient (Wildman–Crippen LogP) is 3.23. The van der Waals surface area contributed by atoms with Crippen LogP contribution in [0.4, 0.5) is 0 Å². The lowest BCUT2D eigenvalue weighted by Crippen LogP contribution is -2.26. The quantitative estimate of drug-likeness (QED) is 0.763. The maximum Gasteiger partial charge on any atom is 0.319 e. The molecule has 2 rings (SSSR count). The summed E-state index contributed by atoms with van der Waals surface area (Å²) in [5, 5.41) is 12.4. The lowest BCUT2D eigenvalue weighted by atomic mass is 10.2. The Kier molecular flexibility index (Phi) is 5.26. The molecule has 0 atom stereocenters. The molecule has 5 nitrogen and oxygen atoms in total. The Morgan fingerprint density at radius 3 is 2.55 bits per heavy atom. The summed E-state index contributed by atoms with van der Waals surface area (Å²) in [5.41, 5.74) is 2.03. The Bertz CT molecular complexity index is 635. The van der Waals surface area contributed by atoms with Crippen LogP contribution in [0, 0.1) is 6.92 Å². The summed E-state index contributed by atoms with van der Waals surface area (Å²) in [6.07, 6.45) is 1.45. The molecule has 0 bridgehead atoms. The van der Waals surface area contributed by atoms with E-state index in [-0.39, 0.29) is 0 Å². The number of nitrogens with one attached hydrogen (secondary N) is 1. The molecule has 0 amide bonds. The van der Waals surface area contributed by atoms with E-state index in [9.17, 15) is 4.79 Å². The zero-order valence-corrected chi connectivity index (χ0v) is 13.7. The van der Waals surface area contributed by atoms with Gasteiger partial charge in [0.1, 0.15) is 10.5 Å². The molecule has 22 heavy (non-hydrogen) atoms. The first kappa shape index (κ1) is 16.6. The van der Waals surface area contributed by atoms with Gasteiger partial charge in [0.25, 0.3) is 0 Å². The SMILES string of the molecule is Cc1ncoc1CNCc1ccc(SC(C)(C)C(=O)O)cc1. The van der Waals surface area contributed by atoms with Gasteiger partial charge in [-0.1, -0.05) is 12.1 Å². The summed E-state index contributed by atoms with van der Waals surface area (Å²) in [4.78, 5) is 16.1. The highest BCUT2D eigenvalue weighted by molar-refractivity contribution is 8.01. The van der Waals surface area contributed by atoms with Crippen LogP contribution >= 0.6 is 11.8 Å². The maximum atomic E-state index is 11.1. The average molecular weight is 320 g/mol. The van der Waals surface area contributed by atoms with E-state index in [0.717, 1.165) is 21.9 Å². The van der Waals surface area contributed by atoms with Crippen LogP contribution in [0.2, 0.25) is 0 Å². The molecule has 0 radical (unpaired) electrons. The molecule has 0 saturated heterocycles. The summed E-state index contributed by atoms with van der Waals surface area (Å²) in [7, 11) is 0. The Hall–Kier alpha value is -1.79. The molecule has 1 aromatic heterocycles. The molecule has 0 spiro atoms. The number of aryl methyl sites for hydroxylation is 1. The zero-order chi connectivity index (χ0) is 16.2. The Balaban J connectivity index is 1.87. The van der Waals surface area contributed by atoms with Crippen molar-refractivity contribution < 1.29 is 14.3 Å². The summed E-state index contributed by atoms with van der Waals surface area (Å²) in [6, 6.07) is 7.90. The number of carbonyl (C=O) groups is 1. The van der Waals surface area contributed by atoms with Gasteiger partial charge < -0.3 is 14.8 Å². The maximum absolute atomic E-state index is 11.1. The van der Waals surface area contributed by atoms with Crippen molar-refractivity contribution >= 4 is 17.7 Å². The fourth-order valence-corrected chi connectivity index (χ4v) is 2.78. The minimum atomic E-state index is -0.830. The van der Waals surface area contributed by atoms with Gasteiger partial charge >= 0.3 is 5.97 Å². The number of rotatable bonds is 7. The third-order valence-corrected chi connectivity index (χ3v) is 4.46. The second-order valence-electron chi connectivity index (χ2n) is 5.53. The number of aliphatic carboxylic acids is 1. The van der Waals surface area contributed by atoms with E-state index in [4.69, 9.17) is 9.52 Å². The van der Waals surface area contributed by atoms with Crippen LogP contribution in [0.25, 0.3) is 0 Å². The minimum absolute atomic E-state index is 0.633. The van der Waals surface area contributed by atoms with Crippen molar-refractivity contribution in [2.75, 3.05) is 0 Å². The number of benzene rings is 1. The molecule has 2 N–H and O–H groups in total. The third-order valence-electron chi connectivity index (χ3n) is 3.27. The number of oxazole rings is 1. The van der Waals surface area contributed by atoms with Crippen molar-refractivity contribution in [2.45, 2.75) is 43.5 Å². The topological polar surface area (TPSA) is 75.4 Å². The Morgan fingerprint density at radius 2 is 2.00 bits per heavy atom. The van der Waals surface area contributed by atoms with Gasteiger partial charge in [-0.05, 0) is 38.5 Å². The first-order chi connectivity index (χ1) is 10.4. The normalized spacial score (nSPS) is 11.6. The lowest BCUT2D eigenvalue weighted by Gasteiger charge is -2.18. The Labute approximate surface area is 134 Å². The van der Waals surface area contributed by atoms with Crippen LogP contribution in [-0.2, 0) is 17.9 Å². The van der Waals surface area contributed by atoms with Crippen molar-refractivity contribution in [3.8, 4) is 0 Å². The van der Waals surface area contributed by atoms with Gasteiger partial charge in [0.05, 0.1) is 12.2 Å². The number of hydrogen-bond donors (Lipinski definition) is 2. The van der Waals surface area contributed by atoms with Crippen LogP contribution in [0.5, 0.6) is 0 Å². The number of hydrogen-bond acceptors (Lipinski definition) is 5. The van der Waals surface area contributed by atoms with Crippen molar-refractivity contribution in [3.63, 3.8) is 0 Å². The van der Waals surface area contributed by atoms with E-state index in [0.29, 0.717) is 13.1 Å². The summed E-state index contributed by atoms with van der Waals surface area (Å²) < 4.78 is 4.44. The van der Waals surface area contributed by atoms with Crippen molar-refractivity contribution in [1.29, 1.82) is 0 Å². The molecule has 0 fully saturated rings. The molecular formula is C16H20N2O3S. The number of aromatic nitrogens is 1. The zero-order valence-electron chi connectivity index (χ0n) is 12.9. The van der Waals surface area contributed by atoms with E-state index in [1.807, 2.05) is 31.2 Å². The highest BCUT2D eigenvalue weighted by Gasteiger charge is 2.28. The van der Waals surface area contributed by atoms with Crippen molar-refractivity contribution in [2.24, 2.45) is 0 Å². The largest absolute Gasteiger partial charge is 0.480 e. The second-order valence-corrected chi connectivity index (χ2v) is 7.22. The molecule has 6 heteroatoms. The van der Waals surface area contributed by atoms with Crippen LogP contribution < -0.4 is 5.32 Å². The standard InChI is InChI=1S/C16H20N2O3S/c1-11-14(21-10-18-11)9-17-8-12-4-6-13(7-5-12)22-16(2,3)15(19)20/h4-7,10,17H,8-9H2,1-3H3,(H,19,20). The minimum Gasteiger partial charge on any atom is -0.480 e. The molecule has 0 aliphatic rings. The highest BCUT2D eigenvalue weighted by Crippen LogP contribution is 2.32. The molecule has 0 unspecified atom stereocenters. The van der Waals surface area contributed by atoms with Crippen molar-refractivity contribution in [3.05, 3.63) is 47.7 Å². The third kappa shape index (κ3) is 4.35. The van der Waals surface area contributed by atoms with E-state index < -0.39 is 10.7 Å². The van der Waals surface area contributed by atoms with Gasteiger partial charge in [-0.2, -0.15) is 0 Å². The number of nitrogens with zero attached hydrogens (tertiary/aromatic N) is 1. The van der Waals surface area contributed by atoms with Crippen LogP contribution in [0.1, 0.15) is 30.9 Å². The highest BCUT2D eigenvalue weighted by atomic mass is 32.2.